The number of benzene rings is 2. The molecular formula is C15H11ClFN. The predicted octanol–water partition coefficient (Wildman–Crippen LogP) is 4.48. The summed E-state index contributed by atoms with van der Waals surface area (Å²) in [6.45, 7) is 0.443. The molecule has 1 nitrogen and oxygen atoms in total. The number of aromatic nitrogens is 1. The number of hydrogen-bond donors (Lipinski definition) is 0. The lowest BCUT2D eigenvalue weighted by atomic mass is 10.2. The number of fused-ring (bicyclic) bond motifs is 1. The van der Waals surface area contributed by atoms with Gasteiger partial charge in [-0.3, -0.25) is 0 Å². The van der Waals surface area contributed by atoms with E-state index in [1.807, 2.05) is 41.1 Å². The van der Waals surface area contributed by atoms with E-state index in [1.165, 1.54) is 6.07 Å². The second kappa shape index (κ2) is 4.46. The first-order valence-corrected chi connectivity index (χ1v) is 6.10. The van der Waals surface area contributed by atoms with Crippen LogP contribution in [0.4, 0.5) is 4.39 Å². The highest BCUT2D eigenvalue weighted by atomic mass is 35.5. The Morgan fingerprint density at radius 1 is 1.00 bits per heavy atom. The number of para-hydroxylation sites is 1. The van der Waals surface area contributed by atoms with Gasteiger partial charge >= 0.3 is 0 Å². The fraction of sp³-hybridized carbons (Fsp3) is 0.0667. The van der Waals surface area contributed by atoms with E-state index in [4.69, 9.17) is 11.6 Å². The molecule has 1 aromatic heterocycles. The van der Waals surface area contributed by atoms with Crippen LogP contribution in [0.2, 0.25) is 5.02 Å². The molecule has 3 aromatic rings. The highest BCUT2D eigenvalue weighted by molar-refractivity contribution is 6.31. The third-order valence-corrected chi connectivity index (χ3v) is 3.42. The lowest BCUT2D eigenvalue weighted by Gasteiger charge is -2.08. The van der Waals surface area contributed by atoms with Crippen LogP contribution in [0.3, 0.4) is 0 Å². The molecule has 0 atom stereocenters. The Morgan fingerprint density at radius 2 is 1.83 bits per heavy atom. The van der Waals surface area contributed by atoms with Crippen molar-refractivity contribution in [3.8, 4) is 0 Å². The van der Waals surface area contributed by atoms with E-state index in [0.29, 0.717) is 17.1 Å². The summed E-state index contributed by atoms with van der Waals surface area (Å²) in [6.07, 6.45) is 1.95. The molecule has 0 N–H and O–H groups in total. The van der Waals surface area contributed by atoms with Crippen molar-refractivity contribution in [2.45, 2.75) is 6.54 Å². The molecule has 2 aromatic carbocycles. The first-order valence-electron chi connectivity index (χ1n) is 5.72. The third-order valence-electron chi connectivity index (χ3n) is 3.07. The first-order chi connectivity index (χ1) is 8.75. The number of rotatable bonds is 2. The van der Waals surface area contributed by atoms with E-state index < -0.39 is 0 Å². The van der Waals surface area contributed by atoms with Crippen LogP contribution < -0.4 is 0 Å². The van der Waals surface area contributed by atoms with Crippen molar-refractivity contribution in [3.63, 3.8) is 0 Å². The number of halogens is 2. The second-order valence-electron chi connectivity index (χ2n) is 4.20. The normalized spacial score (nSPS) is 11.0. The zero-order valence-electron chi connectivity index (χ0n) is 9.61. The van der Waals surface area contributed by atoms with Gasteiger partial charge in [0.2, 0.25) is 0 Å². The van der Waals surface area contributed by atoms with Crippen LogP contribution in [-0.2, 0) is 6.54 Å². The van der Waals surface area contributed by atoms with Crippen molar-refractivity contribution in [2.75, 3.05) is 0 Å². The second-order valence-corrected chi connectivity index (χ2v) is 4.61. The Labute approximate surface area is 109 Å². The number of hydrogen-bond acceptors (Lipinski definition) is 0. The van der Waals surface area contributed by atoms with Crippen LogP contribution in [-0.4, -0.2) is 4.57 Å². The van der Waals surface area contributed by atoms with Gasteiger partial charge in [0.25, 0.3) is 0 Å². The van der Waals surface area contributed by atoms with Gasteiger partial charge in [0.1, 0.15) is 5.82 Å². The van der Waals surface area contributed by atoms with Gasteiger partial charge in [0.05, 0.1) is 6.54 Å². The predicted molar refractivity (Wildman–Crippen MR) is 72.5 cm³/mol. The summed E-state index contributed by atoms with van der Waals surface area (Å²) < 4.78 is 15.7. The molecule has 0 fully saturated rings. The van der Waals surface area contributed by atoms with Crippen molar-refractivity contribution in [2.24, 2.45) is 0 Å². The van der Waals surface area contributed by atoms with Crippen LogP contribution in [0.25, 0.3) is 10.9 Å². The zero-order chi connectivity index (χ0) is 12.5. The molecule has 0 saturated heterocycles. The summed E-state index contributed by atoms with van der Waals surface area (Å²) in [7, 11) is 0. The largest absolute Gasteiger partial charge is 0.343 e. The summed E-state index contributed by atoms with van der Waals surface area (Å²) in [6, 6.07) is 14.8. The minimum absolute atomic E-state index is 0.264. The quantitative estimate of drug-likeness (QED) is 0.639. The van der Waals surface area contributed by atoms with Gasteiger partial charge in [-0.25, -0.2) is 4.39 Å². The fourth-order valence-corrected chi connectivity index (χ4v) is 2.35. The van der Waals surface area contributed by atoms with Gasteiger partial charge in [0, 0.05) is 22.3 Å². The molecule has 0 unspecified atom stereocenters. The Bertz CT molecular complexity index is 682. The molecule has 0 aliphatic rings. The molecule has 3 rings (SSSR count). The molecule has 0 bridgehead atoms. The minimum Gasteiger partial charge on any atom is -0.343 e. The van der Waals surface area contributed by atoms with E-state index in [-0.39, 0.29) is 5.82 Å². The van der Waals surface area contributed by atoms with E-state index in [2.05, 4.69) is 0 Å². The summed E-state index contributed by atoms with van der Waals surface area (Å²) in [5.74, 6) is -0.264. The Kier molecular flexibility index (Phi) is 2.80. The fourth-order valence-electron chi connectivity index (χ4n) is 2.13. The molecule has 0 aliphatic heterocycles. The minimum atomic E-state index is -0.264. The van der Waals surface area contributed by atoms with Crippen molar-refractivity contribution in [1.82, 2.24) is 4.57 Å². The van der Waals surface area contributed by atoms with E-state index in [1.54, 1.807) is 12.1 Å². The van der Waals surface area contributed by atoms with Gasteiger partial charge in [-0.2, -0.15) is 0 Å². The molecular weight excluding hydrogens is 249 g/mol. The van der Waals surface area contributed by atoms with Crippen molar-refractivity contribution in [1.29, 1.82) is 0 Å². The molecule has 0 aliphatic carbocycles. The molecule has 3 heteroatoms. The summed E-state index contributed by atoms with van der Waals surface area (Å²) >= 11 is 6.04. The lowest BCUT2D eigenvalue weighted by molar-refractivity contribution is 0.602. The molecule has 0 amide bonds. The van der Waals surface area contributed by atoms with E-state index >= 15 is 0 Å². The maximum absolute atomic E-state index is 13.7. The van der Waals surface area contributed by atoms with Gasteiger partial charge in [-0.05, 0) is 29.7 Å². The molecule has 1 heterocycles. The third kappa shape index (κ3) is 1.89. The molecule has 18 heavy (non-hydrogen) atoms. The summed E-state index contributed by atoms with van der Waals surface area (Å²) in [4.78, 5) is 0. The highest BCUT2D eigenvalue weighted by Gasteiger charge is 2.08. The zero-order valence-corrected chi connectivity index (χ0v) is 10.4. The summed E-state index contributed by atoms with van der Waals surface area (Å²) in [5.41, 5.74) is 1.61. The van der Waals surface area contributed by atoms with E-state index in [9.17, 15) is 4.39 Å². The average Bonchev–Trinajstić information content (AvgIpc) is 2.77. The Hall–Kier alpha value is -1.80. The lowest BCUT2D eigenvalue weighted by Crippen LogP contribution is -2.01. The van der Waals surface area contributed by atoms with Gasteiger partial charge < -0.3 is 4.57 Å². The maximum Gasteiger partial charge on any atom is 0.129 e. The highest BCUT2D eigenvalue weighted by Crippen LogP contribution is 2.23. The molecule has 90 valence electrons. The van der Waals surface area contributed by atoms with Crippen molar-refractivity contribution >= 4 is 22.5 Å². The number of nitrogens with zero attached hydrogens (tertiary/aromatic N) is 1. The first kappa shape index (κ1) is 11.3. The van der Waals surface area contributed by atoms with Gasteiger partial charge in [-0.15, -0.1) is 0 Å². The SMILES string of the molecule is Fc1cccc(Cl)c1Cn1ccc2ccccc21. The Morgan fingerprint density at radius 3 is 2.67 bits per heavy atom. The molecule has 0 radical (unpaired) electrons. The van der Waals surface area contributed by atoms with Crippen LogP contribution in [0.5, 0.6) is 0 Å². The average molecular weight is 260 g/mol. The standard InChI is InChI=1S/C15H11ClFN/c16-13-5-3-6-14(17)12(13)10-18-9-8-11-4-1-2-7-15(11)18/h1-9H,10H2. The topological polar surface area (TPSA) is 4.93 Å². The molecule has 0 spiro atoms. The van der Waals surface area contributed by atoms with Crippen molar-refractivity contribution in [3.05, 3.63) is 71.1 Å². The summed E-state index contributed by atoms with van der Waals surface area (Å²) in [5, 5.41) is 1.61. The van der Waals surface area contributed by atoms with Gasteiger partial charge in [-0.1, -0.05) is 35.9 Å². The smallest absolute Gasteiger partial charge is 0.129 e. The van der Waals surface area contributed by atoms with Crippen LogP contribution >= 0.6 is 11.6 Å². The Balaban J connectivity index is 2.07. The van der Waals surface area contributed by atoms with Crippen LogP contribution in [0, 0.1) is 5.82 Å². The maximum atomic E-state index is 13.7. The monoisotopic (exact) mass is 259 g/mol. The van der Waals surface area contributed by atoms with Crippen LogP contribution in [0.1, 0.15) is 5.56 Å². The van der Waals surface area contributed by atoms with Gasteiger partial charge in [0.15, 0.2) is 0 Å². The van der Waals surface area contributed by atoms with Crippen LogP contribution in [0.15, 0.2) is 54.7 Å². The molecule has 0 saturated carbocycles. The van der Waals surface area contributed by atoms with Crippen molar-refractivity contribution < 1.29 is 4.39 Å². The van der Waals surface area contributed by atoms with E-state index in [0.717, 1.165) is 10.9 Å².